The molecular formula is C18H19N3O. The summed E-state index contributed by atoms with van der Waals surface area (Å²) in [6.45, 7) is 3.98. The Hall–Kier alpha value is -2.62. The predicted octanol–water partition coefficient (Wildman–Crippen LogP) is 3.29. The van der Waals surface area contributed by atoms with Crippen LogP contribution < -0.4 is 5.32 Å². The summed E-state index contributed by atoms with van der Waals surface area (Å²) in [7, 11) is 0. The first-order chi connectivity index (χ1) is 10.6. The Morgan fingerprint density at radius 3 is 2.77 bits per heavy atom. The zero-order chi connectivity index (χ0) is 15.5. The SMILES string of the molecule is Cc1ccc2nc(C(C)NC(=O)Cc3ccccc3)[nH]c2c1. The summed E-state index contributed by atoms with van der Waals surface area (Å²) in [6.07, 6.45) is 0.379. The molecule has 4 heteroatoms. The zero-order valence-corrected chi connectivity index (χ0v) is 12.8. The number of nitrogens with one attached hydrogen (secondary N) is 2. The van der Waals surface area contributed by atoms with Crippen LogP contribution in [-0.4, -0.2) is 15.9 Å². The summed E-state index contributed by atoms with van der Waals surface area (Å²) in [4.78, 5) is 19.9. The van der Waals surface area contributed by atoms with E-state index < -0.39 is 0 Å². The summed E-state index contributed by atoms with van der Waals surface area (Å²) in [5, 5.41) is 2.99. The van der Waals surface area contributed by atoms with Crippen molar-refractivity contribution in [2.45, 2.75) is 26.3 Å². The Morgan fingerprint density at radius 1 is 1.23 bits per heavy atom. The molecule has 0 aliphatic rings. The number of nitrogens with zero attached hydrogens (tertiary/aromatic N) is 1. The van der Waals surface area contributed by atoms with Gasteiger partial charge in [0.1, 0.15) is 5.82 Å². The van der Waals surface area contributed by atoms with E-state index in [2.05, 4.69) is 21.4 Å². The first kappa shape index (κ1) is 14.3. The Morgan fingerprint density at radius 2 is 2.00 bits per heavy atom. The molecule has 3 rings (SSSR count). The van der Waals surface area contributed by atoms with E-state index in [-0.39, 0.29) is 11.9 Å². The smallest absolute Gasteiger partial charge is 0.224 e. The number of rotatable bonds is 4. The van der Waals surface area contributed by atoms with Crippen molar-refractivity contribution in [2.75, 3.05) is 0 Å². The van der Waals surface area contributed by atoms with Crippen molar-refractivity contribution in [3.63, 3.8) is 0 Å². The molecule has 1 atom stereocenters. The molecule has 22 heavy (non-hydrogen) atoms. The van der Waals surface area contributed by atoms with Gasteiger partial charge in [-0.25, -0.2) is 4.98 Å². The van der Waals surface area contributed by atoms with Gasteiger partial charge in [-0.3, -0.25) is 4.79 Å². The molecule has 4 nitrogen and oxygen atoms in total. The molecule has 3 aromatic rings. The van der Waals surface area contributed by atoms with Crippen LogP contribution in [0.4, 0.5) is 0 Å². The van der Waals surface area contributed by atoms with E-state index >= 15 is 0 Å². The summed E-state index contributed by atoms with van der Waals surface area (Å²) in [5.41, 5.74) is 4.11. The van der Waals surface area contributed by atoms with Gasteiger partial charge in [0.15, 0.2) is 0 Å². The van der Waals surface area contributed by atoms with Gasteiger partial charge in [-0.15, -0.1) is 0 Å². The lowest BCUT2D eigenvalue weighted by Crippen LogP contribution is -2.28. The van der Waals surface area contributed by atoms with Gasteiger partial charge >= 0.3 is 0 Å². The highest BCUT2D eigenvalue weighted by atomic mass is 16.1. The molecule has 0 bridgehead atoms. The van der Waals surface area contributed by atoms with E-state index in [4.69, 9.17) is 0 Å². The van der Waals surface area contributed by atoms with Gasteiger partial charge in [0.25, 0.3) is 0 Å². The van der Waals surface area contributed by atoms with Gasteiger partial charge in [0.05, 0.1) is 23.5 Å². The van der Waals surface area contributed by atoms with E-state index in [0.29, 0.717) is 6.42 Å². The van der Waals surface area contributed by atoms with E-state index in [0.717, 1.165) is 22.4 Å². The van der Waals surface area contributed by atoms with Gasteiger partial charge in [0.2, 0.25) is 5.91 Å². The van der Waals surface area contributed by atoms with Crippen LogP contribution in [0.25, 0.3) is 11.0 Å². The number of aromatic amines is 1. The van der Waals surface area contributed by atoms with Crippen molar-refractivity contribution in [3.05, 3.63) is 65.5 Å². The fourth-order valence-corrected chi connectivity index (χ4v) is 2.49. The second kappa shape index (κ2) is 6.02. The molecule has 0 spiro atoms. The molecule has 0 fully saturated rings. The summed E-state index contributed by atoms with van der Waals surface area (Å²) >= 11 is 0. The van der Waals surface area contributed by atoms with Crippen LogP contribution in [-0.2, 0) is 11.2 Å². The normalized spacial score (nSPS) is 12.3. The third-order valence-electron chi connectivity index (χ3n) is 3.65. The molecule has 0 aliphatic heterocycles. The number of hydrogen-bond acceptors (Lipinski definition) is 2. The third kappa shape index (κ3) is 3.17. The number of aryl methyl sites for hydroxylation is 1. The number of fused-ring (bicyclic) bond motifs is 1. The largest absolute Gasteiger partial charge is 0.346 e. The molecule has 2 N–H and O–H groups in total. The van der Waals surface area contributed by atoms with Gasteiger partial charge < -0.3 is 10.3 Å². The maximum Gasteiger partial charge on any atom is 0.224 e. The molecule has 1 amide bonds. The quantitative estimate of drug-likeness (QED) is 0.775. The number of hydrogen-bond donors (Lipinski definition) is 2. The molecule has 1 heterocycles. The van der Waals surface area contributed by atoms with Crippen LogP contribution in [0.5, 0.6) is 0 Å². The molecule has 2 aromatic carbocycles. The van der Waals surface area contributed by atoms with Crippen molar-refractivity contribution >= 4 is 16.9 Å². The topological polar surface area (TPSA) is 57.8 Å². The van der Waals surface area contributed by atoms with Gasteiger partial charge in [-0.05, 0) is 37.1 Å². The fourth-order valence-electron chi connectivity index (χ4n) is 2.49. The molecule has 0 radical (unpaired) electrons. The second-order valence-electron chi connectivity index (χ2n) is 5.59. The monoisotopic (exact) mass is 293 g/mol. The van der Waals surface area contributed by atoms with Crippen LogP contribution >= 0.6 is 0 Å². The average molecular weight is 293 g/mol. The number of H-pyrrole nitrogens is 1. The van der Waals surface area contributed by atoms with Crippen molar-refractivity contribution in [2.24, 2.45) is 0 Å². The number of carbonyl (C=O) groups is 1. The standard InChI is InChI=1S/C18H19N3O/c1-12-8-9-15-16(10-12)21-18(20-15)13(2)19-17(22)11-14-6-4-3-5-7-14/h3-10,13H,11H2,1-2H3,(H,19,22)(H,20,21). The van der Waals surface area contributed by atoms with Gasteiger partial charge in [0, 0.05) is 0 Å². The lowest BCUT2D eigenvalue weighted by atomic mass is 10.1. The summed E-state index contributed by atoms with van der Waals surface area (Å²) < 4.78 is 0. The van der Waals surface area contributed by atoms with Crippen molar-refractivity contribution in [1.82, 2.24) is 15.3 Å². The number of amides is 1. The van der Waals surface area contributed by atoms with Crippen molar-refractivity contribution in [1.29, 1.82) is 0 Å². The first-order valence-electron chi connectivity index (χ1n) is 7.41. The maximum absolute atomic E-state index is 12.1. The number of benzene rings is 2. The number of aromatic nitrogens is 2. The van der Waals surface area contributed by atoms with Crippen LogP contribution in [0.15, 0.2) is 48.5 Å². The molecule has 0 saturated carbocycles. The van der Waals surface area contributed by atoms with E-state index in [1.165, 1.54) is 5.56 Å². The minimum absolute atomic E-state index is 0.00432. The predicted molar refractivity (Wildman–Crippen MR) is 87.5 cm³/mol. The first-order valence-corrected chi connectivity index (χ1v) is 7.41. The molecule has 0 aliphatic carbocycles. The molecule has 1 aromatic heterocycles. The number of imidazole rings is 1. The van der Waals surface area contributed by atoms with E-state index in [1.54, 1.807) is 0 Å². The number of carbonyl (C=O) groups excluding carboxylic acids is 1. The summed E-state index contributed by atoms with van der Waals surface area (Å²) in [5.74, 6) is 0.775. The molecule has 0 saturated heterocycles. The minimum atomic E-state index is -0.149. The third-order valence-corrected chi connectivity index (χ3v) is 3.65. The Bertz CT molecular complexity index is 792. The average Bonchev–Trinajstić information content (AvgIpc) is 2.91. The highest BCUT2D eigenvalue weighted by Crippen LogP contribution is 2.17. The molecule has 1 unspecified atom stereocenters. The highest BCUT2D eigenvalue weighted by Gasteiger charge is 2.13. The van der Waals surface area contributed by atoms with Crippen molar-refractivity contribution in [3.8, 4) is 0 Å². The van der Waals surface area contributed by atoms with Crippen LogP contribution in [0, 0.1) is 6.92 Å². The maximum atomic E-state index is 12.1. The Labute approximate surface area is 129 Å². The van der Waals surface area contributed by atoms with Crippen molar-refractivity contribution < 1.29 is 4.79 Å². The highest BCUT2D eigenvalue weighted by molar-refractivity contribution is 5.79. The van der Waals surface area contributed by atoms with E-state index in [1.807, 2.05) is 56.3 Å². The Kier molecular flexibility index (Phi) is 3.92. The van der Waals surface area contributed by atoms with Crippen LogP contribution in [0.2, 0.25) is 0 Å². The summed E-state index contributed by atoms with van der Waals surface area (Å²) in [6, 6.07) is 15.7. The minimum Gasteiger partial charge on any atom is -0.346 e. The molecular weight excluding hydrogens is 274 g/mol. The van der Waals surface area contributed by atoms with Gasteiger partial charge in [-0.2, -0.15) is 0 Å². The van der Waals surface area contributed by atoms with Crippen LogP contribution in [0.1, 0.15) is 29.9 Å². The van der Waals surface area contributed by atoms with Gasteiger partial charge in [-0.1, -0.05) is 36.4 Å². The fraction of sp³-hybridized carbons (Fsp3) is 0.222. The lowest BCUT2D eigenvalue weighted by molar-refractivity contribution is -0.121. The van der Waals surface area contributed by atoms with E-state index in [9.17, 15) is 4.79 Å². The second-order valence-corrected chi connectivity index (χ2v) is 5.59. The lowest BCUT2D eigenvalue weighted by Gasteiger charge is -2.11. The van der Waals surface area contributed by atoms with Crippen LogP contribution in [0.3, 0.4) is 0 Å². The molecule has 112 valence electrons. The zero-order valence-electron chi connectivity index (χ0n) is 12.8. The Balaban J connectivity index is 1.70.